The van der Waals surface area contributed by atoms with Crippen molar-refractivity contribution < 1.29 is 5.11 Å². The topological polar surface area (TPSA) is 36.4 Å². The third kappa shape index (κ3) is 3.11. The van der Waals surface area contributed by atoms with Gasteiger partial charge in [-0.3, -0.25) is 0 Å². The molecule has 0 aliphatic heterocycles. The predicted molar refractivity (Wildman–Crippen MR) is 86.8 cm³/mol. The fourth-order valence-electron chi connectivity index (χ4n) is 3.47. The largest absolute Gasteiger partial charge is 0.387 e. The molecular formula is C17H26N2OS. The van der Waals surface area contributed by atoms with Gasteiger partial charge in [0.2, 0.25) is 0 Å². The van der Waals surface area contributed by atoms with Crippen LogP contribution in [0.5, 0.6) is 0 Å². The third-order valence-electron chi connectivity index (χ3n) is 5.03. The van der Waals surface area contributed by atoms with Crippen molar-refractivity contribution in [1.82, 2.24) is 4.98 Å². The molecule has 1 aromatic rings. The number of aromatic nitrogens is 1. The maximum Gasteiger partial charge on any atom is 0.185 e. The lowest BCUT2D eigenvalue weighted by Crippen LogP contribution is -2.28. The molecule has 3 aliphatic rings. The SMILES string of the molecule is CC1(C)Cc2nc(N(CC3CC3)CC3CC3)sc2C(O)C1. The molecule has 4 rings (SSSR count). The summed E-state index contributed by atoms with van der Waals surface area (Å²) in [6.07, 6.45) is 7.13. The maximum atomic E-state index is 10.4. The Hall–Kier alpha value is -0.610. The Morgan fingerprint density at radius 1 is 1.19 bits per heavy atom. The second kappa shape index (κ2) is 4.95. The van der Waals surface area contributed by atoms with Gasteiger partial charge in [-0.2, -0.15) is 0 Å². The molecule has 0 amide bonds. The Labute approximate surface area is 131 Å². The van der Waals surface area contributed by atoms with Crippen molar-refractivity contribution in [2.24, 2.45) is 17.3 Å². The van der Waals surface area contributed by atoms with Gasteiger partial charge in [0, 0.05) is 13.1 Å². The minimum Gasteiger partial charge on any atom is -0.387 e. The minimum absolute atomic E-state index is 0.176. The van der Waals surface area contributed by atoms with E-state index >= 15 is 0 Å². The van der Waals surface area contributed by atoms with E-state index in [0.717, 1.165) is 35.2 Å². The monoisotopic (exact) mass is 306 g/mol. The zero-order valence-corrected chi connectivity index (χ0v) is 14.0. The summed E-state index contributed by atoms with van der Waals surface area (Å²) >= 11 is 1.76. The van der Waals surface area contributed by atoms with Crippen LogP contribution in [0.4, 0.5) is 5.13 Å². The lowest BCUT2D eigenvalue weighted by atomic mass is 9.77. The number of fused-ring (bicyclic) bond motifs is 1. The molecule has 116 valence electrons. The highest BCUT2D eigenvalue weighted by Gasteiger charge is 2.36. The van der Waals surface area contributed by atoms with Gasteiger partial charge in [-0.25, -0.2) is 4.98 Å². The van der Waals surface area contributed by atoms with E-state index in [9.17, 15) is 5.11 Å². The summed E-state index contributed by atoms with van der Waals surface area (Å²) < 4.78 is 0. The normalized spacial score (nSPS) is 27.5. The molecule has 2 fully saturated rings. The minimum atomic E-state index is -0.307. The molecule has 3 nitrogen and oxygen atoms in total. The summed E-state index contributed by atoms with van der Waals surface area (Å²) in [6, 6.07) is 0. The van der Waals surface area contributed by atoms with Crippen LogP contribution in [0.25, 0.3) is 0 Å². The van der Waals surface area contributed by atoms with Gasteiger partial charge in [-0.05, 0) is 55.8 Å². The molecule has 1 aromatic heterocycles. The number of rotatable bonds is 5. The van der Waals surface area contributed by atoms with Crippen LogP contribution in [0.2, 0.25) is 0 Å². The molecule has 0 saturated heterocycles. The highest BCUT2D eigenvalue weighted by molar-refractivity contribution is 7.15. The first kappa shape index (κ1) is 14.0. The molecule has 0 aromatic carbocycles. The molecule has 2 saturated carbocycles. The number of nitrogens with zero attached hydrogens (tertiary/aromatic N) is 2. The predicted octanol–water partition coefficient (Wildman–Crippen LogP) is 3.78. The number of aliphatic hydroxyl groups excluding tert-OH is 1. The van der Waals surface area contributed by atoms with Crippen LogP contribution >= 0.6 is 11.3 Å². The molecule has 3 aliphatic carbocycles. The number of aliphatic hydroxyl groups is 1. The third-order valence-corrected chi connectivity index (χ3v) is 6.29. The summed E-state index contributed by atoms with van der Waals surface area (Å²) in [5.74, 6) is 1.79. The summed E-state index contributed by atoms with van der Waals surface area (Å²) in [5, 5.41) is 11.6. The lowest BCUT2D eigenvalue weighted by molar-refractivity contribution is 0.102. The lowest BCUT2D eigenvalue weighted by Gasteiger charge is -2.31. The molecular weight excluding hydrogens is 280 g/mol. The Bertz CT molecular complexity index is 517. The van der Waals surface area contributed by atoms with Crippen LogP contribution in [0.1, 0.15) is 62.6 Å². The number of hydrogen-bond acceptors (Lipinski definition) is 4. The highest BCUT2D eigenvalue weighted by atomic mass is 32.1. The number of thiazole rings is 1. The Balaban J connectivity index is 1.58. The van der Waals surface area contributed by atoms with Gasteiger partial charge in [0.15, 0.2) is 5.13 Å². The van der Waals surface area contributed by atoms with Crippen LogP contribution in [0.3, 0.4) is 0 Å². The molecule has 1 heterocycles. The highest BCUT2D eigenvalue weighted by Crippen LogP contribution is 2.45. The van der Waals surface area contributed by atoms with Gasteiger partial charge in [0.1, 0.15) is 0 Å². The standard InChI is InChI=1S/C17H26N2OS/c1-17(2)7-13-15(14(20)8-17)21-16(18-13)19(9-11-3-4-11)10-12-5-6-12/h11-12,14,20H,3-10H2,1-2H3. The van der Waals surface area contributed by atoms with Crippen molar-refractivity contribution in [2.45, 2.75) is 58.5 Å². The van der Waals surface area contributed by atoms with E-state index in [1.807, 2.05) is 0 Å². The van der Waals surface area contributed by atoms with Crippen LogP contribution in [0, 0.1) is 17.3 Å². The van der Waals surface area contributed by atoms with Gasteiger partial charge in [0.05, 0.1) is 16.7 Å². The van der Waals surface area contributed by atoms with Crippen molar-refractivity contribution in [2.75, 3.05) is 18.0 Å². The van der Waals surface area contributed by atoms with Crippen LogP contribution in [-0.4, -0.2) is 23.2 Å². The summed E-state index contributed by atoms with van der Waals surface area (Å²) in [4.78, 5) is 8.61. The first-order chi connectivity index (χ1) is 10.00. The fraction of sp³-hybridized carbons (Fsp3) is 0.824. The average molecular weight is 306 g/mol. The summed E-state index contributed by atoms with van der Waals surface area (Å²) in [7, 11) is 0. The van der Waals surface area contributed by atoms with Gasteiger partial charge >= 0.3 is 0 Å². The van der Waals surface area contributed by atoms with Crippen molar-refractivity contribution in [3.63, 3.8) is 0 Å². The molecule has 0 bridgehead atoms. The van der Waals surface area contributed by atoms with E-state index in [0.29, 0.717) is 0 Å². The van der Waals surface area contributed by atoms with Gasteiger partial charge in [0.25, 0.3) is 0 Å². The molecule has 21 heavy (non-hydrogen) atoms. The molecule has 0 radical (unpaired) electrons. The van der Waals surface area contributed by atoms with Crippen molar-refractivity contribution in [3.8, 4) is 0 Å². The van der Waals surface area contributed by atoms with E-state index in [1.54, 1.807) is 11.3 Å². The van der Waals surface area contributed by atoms with Crippen molar-refractivity contribution >= 4 is 16.5 Å². The fourth-order valence-corrected chi connectivity index (χ4v) is 4.56. The van der Waals surface area contributed by atoms with E-state index in [-0.39, 0.29) is 11.5 Å². The summed E-state index contributed by atoms with van der Waals surface area (Å²) in [6.45, 7) is 6.85. The zero-order valence-electron chi connectivity index (χ0n) is 13.1. The number of anilines is 1. The first-order valence-corrected chi connectivity index (χ1v) is 9.24. The van der Waals surface area contributed by atoms with E-state index < -0.39 is 0 Å². The van der Waals surface area contributed by atoms with Gasteiger partial charge in [-0.1, -0.05) is 25.2 Å². The Morgan fingerprint density at radius 2 is 1.81 bits per heavy atom. The summed E-state index contributed by atoms with van der Waals surface area (Å²) in [5.41, 5.74) is 1.34. The van der Waals surface area contributed by atoms with Crippen LogP contribution in [0.15, 0.2) is 0 Å². The molecule has 1 atom stereocenters. The van der Waals surface area contributed by atoms with Crippen molar-refractivity contribution in [3.05, 3.63) is 10.6 Å². The van der Waals surface area contributed by atoms with E-state index in [4.69, 9.17) is 4.98 Å². The van der Waals surface area contributed by atoms with Crippen molar-refractivity contribution in [1.29, 1.82) is 0 Å². The second-order valence-corrected chi connectivity index (χ2v) is 9.17. The smallest absolute Gasteiger partial charge is 0.185 e. The van der Waals surface area contributed by atoms with Gasteiger partial charge in [-0.15, -0.1) is 0 Å². The van der Waals surface area contributed by atoms with E-state index in [2.05, 4.69) is 18.7 Å². The second-order valence-electron chi connectivity index (χ2n) is 8.16. The van der Waals surface area contributed by atoms with Gasteiger partial charge < -0.3 is 10.0 Å². The Morgan fingerprint density at radius 3 is 2.38 bits per heavy atom. The molecule has 0 spiro atoms. The maximum absolute atomic E-state index is 10.4. The Kier molecular flexibility index (Phi) is 3.30. The molecule has 1 N–H and O–H groups in total. The van der Waals surface area contributed by atoms with Crippen LogP contribution in [-0.2, 0) is 6.42 Å². The zero-order chi connectivity index (χ0) is 14.6. The molecule has 4 heteroatoms. The average Bonchev–Trinajstić information content (AvgIpc) is 3.29. The first-order valence-electron chi connectivity index (χ1n) is 8.43. The quantitative estimate of drug-likeness (QED) is 0.899. The molecule has 1 unspecified atom stereocenters. The van der Waals surface area contributed by atoms with E-state index in [1.165, 1.54) is 43.9 Å². The number of hydrogen-bond donors (Lipinski definition) is 1. The van der Waals surface area contributed by atoms with Crippen LogP contribution < -0.4 is 4.90 Å².